The predicted octanol–water partition coefficient (Wildman–Crippen LogP) is 4.54. The topological polar surface area (TPSA) is 62.0 Å². The van der Waals surface area contributed by atoms with E-state index in [0.717, 1.165) is 27.6 Å². The van der Waals surface area contributed by atoms with Gasteiger partial charge in [-0.2, -0.15) is 4.72 Å². The van der Waals surface area contributed by atoms with Gasteiger partial charge >= 0.3 is 0 Å². The van der Waals surface area contributed by atoms with Crippen LogP contribution in [0.3, 0.4) is 0 Å². The third-order valence-electron chi connectivity index (χ3n) is 4.67. The lowest BCUT2D eigenvalue weighted by Crippen LogP contribution is -2.29. The van der Waals surface area contributed by atoms with E-state index in [9.17, 15) is 8.42 Å². The second-order valence-corrected chi connectivity index (χ2v) is 8.28. The first-order valence-corrected chi connectivity index (χ1v) is 10.2. The minimum absolute atomic E-state index is 0.258. The lowest BCUT2D eigenvalue weighted by atomic mass is 9.99. The van der Waals surface area contributed by atoms with Crippen LogP contribution in [-0.4, -0.2) is 13.4 Å². The number of para-hydroxylation sites is 1. The molecule has 4 nitrogen and oxygen atoms in total. The Hall–Kier alpha value is -2.89. The fourth-order valence-corrected chi connectivity index (χ4v) is 4.43. The van der Waals surface area contributed by atoms with Gasteiger partial charge in [-0.15, -0.1) is 0 Å². The largest absolute Gasteiger partial charge is 0.361 e. The van der Waals surface area contributed by atoms with Gasteiger partial charge in [-0.1, -0.05) is 66.2 Å². The van der Waals surface area contributed by atoms with Crippen LogP contribution in [0.2, 0.25) is 0 Å². The molecule has 0 aliphatic rings. The Labute approximate surface area is 158 Å². The molecule has 1 atom stereocenters. The van der Waals surface area contributed by atoms with Crippen molar-refractivity contribution in [3.8, 4) is 0 Å². The number of benzene rings is 3. The van der Waals surface area contributed by atoms with Crippen molar-refractivity contribution >= 4 is 20.9 Å². The molecule has 2 N–H and O–H groups in total. The number of sulfonamides is 1. The first kappa shape index (κ1) is 17.5. The molecule has 0 fully saturated rings. The molecule has 1 unspecified atom stereocenters. The molecule has 1 heterocycles. The molecule has 4 rings (SSSR count). The van der Waals surface area contributed by atoms with Crippen LogP contribution in [0.1, 0.15) is 22.7 Å². The van der Waals surface area contributed by atoms with Gasteiger partial charge in [-0.05, 0) is 36.2 Å². The Morgan fingerprint density at radius 2 is 1.52 bits per heavy atom. The monoisotopic (exact) mass is 376 g/mol. The standard InChI is InChI=1S/C22H20N2O2S/c1-16-11-13-18(14-12-16)27(25,26)24-22(17-7-3-2-4-8-17)20-15-23-21-10-6-5-9-19(20)21/h2-15,22-24H,1H3. The van der Waals surface area contributed by atoms with Gasteiger partial charge in [-0.3, -0.25) is 0 Å². The Morgan fingerprint density at radius 3 is 2.26 bits per heavy atom. The molecular weight excluding hydrogens is 356 g/mol. The number of H-pyrrole nitrogens is 1. The Kier molecular flexibility index (Phi) is 4.56. The van der Waals surface area contributed by atoms with E-state index in [2.05, 4.69) is 9.71 Å². The number of nitrogens with one attached hydrogen (secondary N) is 2. The van der Waals surface area contributed by atoms with Crippen LogP contribution in [0.25, 0.3) is 10.9 Å². The Bertz CT molecular complexity index is 1160. The second-order valence-electron chi connectivity index (χ2n) is 6.57. The highest BCUT2D eigenvalue weighted by atomic mass is 32.2. The maximum absolute atomic E-state index is 13.0. The molecule has 27 heavy (non-hydrogen) atoms. The summed E-state index contributed by atoms with van der Waals surface area (Å²) in [5.74, 6) is 0. The number of aromatic amines is 1. The maximum Gasteiger partial charge on any atom is 0.241 e. The van der Waals surface area contributed by atoms with E-state index < -0.39 is 16.1 Å². The van der Waals surface area contributed by atoms with Crippen molar-refractivity contribution in [2.75, 3.05) is 0 Å². The summed E-state index contributed by atoms with van der Waals surface area (Å²) in [6.07, 6.45) is 1.87. The van der Waals surface area contributed by atoms with Gasteiger partial charge in [0, 0.05) is 17.1 Å². The quantitative estimate of drug-likeness (QED) is 0.537. The summed E-state index contributed by atoms with van der Waals surface area (Å²) in [4.78, 5) is 3.49. The van der Waals surface area contributed by atoms with Crippen LogP contribution in [0.5, 0.6) is 0 Å². The van der Waals surface area contributed by atoms with E-state index in [4.69, 9.17) is 0 Å². The van der Waals surface area contributed by atoms with Crippen molar-refractivity contribution in [1.29, 1.82) is 0 Å². The number of aromatic nitrogens is 1. The third kappa shape index (κ3) is 3.52. The number of fused-ring (bicyclic) bond motifs is 1. The minimum Gasteiger partial charge on any atom is -0.361 e. The summed E-state index contributed by atoms with van der Waals surface area (Å²) in [5, 5.41) is 0.998. The van der Waals surface area contributed by atoms with Gasteiger partial charge in [0.25, 0.3) is 0 Å². The van der Waals surface area contributed by atoms with Gasteiger partial charge in [0.2, 0.25) is 10.0 Å². The molecule has 3 aromatic carbocycles. The number of hydrogen-bond acceptors (Lipinski definition) is 2. The van der Waals surface area contributed by atoms with Crippen molar-refractivity contribution in [3.05, 3.63) is 102 Å². The third-order valence-corrected chi connectivity index (χ3v) is 6.11. The first-order valence-electron chi connectivity index (χ1n) is 8.74. The predicted molar refractivity (Wildman–Crippen MR) is 108 cm³/mol. The molecule has 0 radical (unpaired) electrons. The summed E-state index contributed by atoms with van der Waals surface area (Å²) in [7, 11) is -3.68. The summed E-state index contributed by atoms with van der Waals surface area (Å²) in [6.45, 7) is 1.93. The molecule has 4 aromatic rings. The van der Waals surface area contributed by atoms with Gasteiger partial charge in [0.15, 0.2) is 0 Å². The van der Waals surface area contributed by atoms with Crippen LogP contribution in [-0.2, 0) is 10.0 Å². The molecule has 0 saturated carbocycles. The zero-order valence-electron chi connectivity index (χ0n) is 14.9. The highest BCUT2D eigenvalue weighted by Crippen LogP contribution is 2.30. The van der Waals surface area contributed by atoms with Crippen LogP contribution in [0.15, 0.2) is 90.0 Å². The molecule has 0 aliphatic carbocycles. The molecule has 0 spiro atoms. The van der Waals surface area contributed by atoms with E-state index in [1.165, 1.54) is 0 Å². The average Bonchev–Trinajstić information content (AvgIpc) is 3.11. The Morgan fingerprint density at radius 1 is 0.852 bits per heavy atom. The average molecular weight is 376 g/mol. The highest BCUT2D eigenvalue weighted by Gasteiger charge is 2.24. The molecule has 0 amide bonds. The van der Waals surface area contributed by atoms with Crippen molar-refractivity contribution in [2.45, 2.75) is 17.9 Å². The molecule has 0 saturated heterocycles. The van der Waals surface area contributed by atoms with Crippen molar-refractivity contribution in [1.82, 2.24) is 9.71 Å². The smallest absolute Gasteiger partial charge is 0.241 e. The van der Waals surface area contributed by atoms with Gasteiger partial charge in [-0.25, -0.2) is 8.42 Å². The molecular formula is C22H20N2O2S. The summed E-state index contributed by atoms with van der Waals surface area (Å²) in [6, 6.07) is 23.9. The minimum atomic E-state index is -3.68. The fourth-order valence-electron chi connectivity index (χ4n) is 3.23. The van der Waals surface area contributed by atoms with E-state index in [1.54, 1.807) is 24.3 Å². The van der Waals surface area contributed by atoms with Crippen LogP contribution < -0.4 is 4.72 Å². The lowest BCUT2D eigenvalue weighted by molar-refractivity contribution is 0.572. The number of rotatable bonds is 5. The second kappa shape index (κ2) is 7.02. The molecule has 0 aliphatic heterocycles. The van der Waals surface area contributed by atoms with Gasteiger partial charge in [0.1, 0.15) is 0 Å². The maximum atomic E-state index is 13.0. The molecule has 0 bridgehead atoms. The summed E-state index contributed by atoms with van der Waals surface area (Å²) < 4.78 is 29.0. The van der Waals surface area contributed by atoms with E-state index in [0.29, 0.717) is 0 Å². The van der Waals surface area contributed by atoms with E-state index in [-0.39, 0.29) is 4.90 Å². The number of aryl methyl sites for hydroxylation is 1. The highest BCUT2D eigenvalue weighted by molar-refractivity contribution is 7.89. The van der Waals surface area contributed by atoms with Crippen LogP contribution in [0, 0.1) is 6.92 Å². The van der Waals surface area contributed by atoms with E-state index in [1.807, 2.05) is 67.7 Å². The molecule has 136 valence electrons. The lowest BCUT2D eigenvalue weighted by Gasteiger charge is -2.19. The normalized spacial score (nSPS) is 12.9. The summed E-state index contributed by atoms with van der Waals surface area (Å²) >= 11 is 0. The molecule has 5 heteroatoms. The molecule has 1 aromatic heterocycles. The van der Waals surface area contributed by atoms with Crippen molar-refractivity contribution in [3.63, 3.8) is 0 Å². The van der Waals surface area contributed by atoms with Gasteiger partial charge < -0.3 is 4.98 Å². The van der Waals surface area contributed by atoms with E-state index >= 15 is 0 Å². The van der Waals surface area contributed by atoms with Crippen molar-refractivity contribution in [2.24, 2.45) is 0 Å². The SMILES string of the molecule is Cc1ccc(S(=O)(=O)NC(c2ccccc2)c2c[nH]c3ccccc23)cc1. The Balaban J connectivity index is 1.81. The first-order chi connectivity index (χ1) is 13.0. The summed E-state index contributed by atoms with van der Waals surface area (Å²) in [5.41, 5.74) is 3.78. The van der Waals surface area contributed by atoms with Crippen LogP contribution in [0.4, 0.5) is 0 Å². The zero-order chi connectivity index (χ0) is 18.9. The zero-order valence-corrected chi connectivity index (χ0v) is 15.7. The number of hydrogen-bond donors (Lipinski definition) is 2. The van der Waals surface area contributed by atoms with Crippen molar-refractivity contribution < 1.29 is 8.42 Å². The fraction of sp³-hybridized carbons (Fsp3) is 0.0909. The van der Waals surface area contributed by atoms with Gasteiger partial charge in [0.05, 0.1) is 10.9 Å². The van der Waals surface area contributed by atoms with Crippen LogP contribution >= 0.6 is 0 Å².